The molecule has 1 heterocycles. The van der Waals surface area contributed by atoms with E-state index >= 15 is 0 Å². The molecule has 4 aliphatic rings. The maximum Gasteiger partial charge on any atom is 0.0346 e. The first kappa shape index (κ1) is 20.9. The molecule has 3 fully saturated rings. The molecule has 1 aromatic carbocycles. The van der Waals surface area contributed by atoms with E-state index in [4.69, 9.17) is 0 Å². The fourth-order valence-electron chi connectivity index (χ4n) is 8.97. The Hall–Kier alpha value is -1.67. The first-order valence-electron chi connectivity index (χ1n) is 13.1. The minimum Gasteiger partial charge on any atom is -0.306 e. The molecule has 2 aromatic rings. The van der Waals surface area contributed by atoms with Gasteiger partial charge in [0.2, 0.25) is 0 Å². The highest BCUT2D eigenvalue weighted by molar-refractivity contribution is 5.86. The molecular weight excluding hydrogens is 388 g/mol. The zero-order valence-corrected chi connectivity index (χ0v) is 20.5. The van der Waals surface area contributed by atoms with Gasteiger partial charge in [-0.25, -0.2) is 0 Å². The number of aromatic nitrogens is 1. The Morgan fingerprint density at radius 2 is 1.81 bits per heavy atom. The van der Waals surface area contributed by atoms with Crippen LogP contribution >= 0.6 is 0 Å². The molecule has 0 saturated heterocycles. The summed E-state index contributed by atoms with van der Waals surface area (Å²) in [4.78, 5) is 6.80. The van der Waals surface area contributed by atoms with Crippen LogP contribution in [0.2, 0.25) is 0 Å². The minimum atomic E-state index is 0.353. The first-order valence-corrected chi connectivity index (χ1v) is 13.1. The monoisotopic (exact) mass is 428 g/mol. The third-order valence-corrected chi connectivity index (χ3v) is 10.9. The normalized spacial score (nSPS) is 41.2. The molecule has 0 radical (unpaired) electrons. The average Bonchev–Trinajstić information content (AvgIpc) is 3.15. The van der Waals surface area contributed by atoms with Crippen molar-refractivity contribution in [2.75, 3.05) is 14.1 Å². The third kappa shape index (κ3) is 2.98. The summed E-state index contributed by atoms with van der Waals surface area (Å²) in [6.45, 7) is 5.31. The summed E-state index contributed by atoms with van der Waals surface area (Å²) in [5, 5.41) is 2.57. The lowest BCUT2D eigenvalue weighted by molar-refractivity contribution is -0.106. The van der Waals surface area contributed by atoms with Gasteiger partial charge in [-0.2, -0.15) is 0 Å². The number of nitrogens with zero attached hydrogens (tertiary/aromatic N) is 2. The lowest BCUT2D eigenvalue weighted by atomic mass is 9.44. The molecular formula is C30H40N2. The van der Waals surface area contributed by atoms with Crippen LogP contribution in [-0.2, 0) is 0 Å². The van der Waals surface area contributed by atoms with Crippen LogP contribution in [0.5, 0.6) is 0 Å². The second-order valence-corrected chi connectivity index (χ2v) is 12.3. The van der Waals surface area contributed by atoms with E-state index in [0.717, 1.165) is 29.7 Å². The predicted octanol–water partition coefficient (Wildman–Crippen LogP) is 7.20. The highest BCUT2D eigenvalue weighted by Gasteiger charge is 2.58. The summed E-state index contributed by atoms with van der Waals surface area (Å²) < 4.78 is 0. The third-order valence-electron chi connectivity index (χ3n) is 10.9. The molecule has 4 aliphatic carbocycles. The van der Waals surface area contributed by atoms with Crippen molar-refractivity contribution in [3.8, 4) is 0 Å². The summed E-state index contributed by atoms with van der Waals surface area (Å²) in [6, 6.07) is 10.0. The SMILES string of the molecule is CN(C)[C@@H]1CC[C@@]2(C)[C@@H](CC[C@@H]3[C@@H]2CC[C@]2(C)C(c4ccc5cnccc5c4)=CC[C@@H]32)C1. The van der Waals surface area contributed by atoms with Crippen LogP contribution in [0.1, 0.15) is 70.8 Å². The second-order valence-electron chi connectivity index (χ2n) is 12.3. The van der Waals surface area contributed by atoms with Gasteiger partial charge in [0.1, 0.15) is 0 Å². The smallest absolute Gasteiger partial charge is 0.0346 e. The van der Waals surface area contributed by atoms with Crippen LogP contribution in [-0.4, -0.2) is 30.0 Å². The van der Waals surface area contributed by atoms with Gasteiger partial charge in [-0.3, -0.25) is 4.98 Å². The summed E-state index contributed by atoms with van der Waals surface area (Å²) in [7, 11) is 4.58. The minimum absolute atomic E-state index is 0.353. The quantitative estimate of drug-likeness (QED) is 0.503. The van der Waals surface area contributed by atoms with Crippen molar-refractivity contribution >= 4 is 16.3 Å². The number of fused-ring (bicyclic) bond motifs is 6. The Morgan fingerprint density at radius 3 is 2.66 bits per heavy atom. The summed E-state index contributed by atoms with van der Waals surface area (Å²) in [6.07, 6.45) is 17.9. The topological polar surface area (TPSA) is 16.1 Å². The molecule has 0 spiro atoms. The largest absolute Gasteiger partial charge is 0.306 e. The molecule has 32 heavy (non-hydrogen) atoms. The van der Waals surface area contributed by atoms with Crippen LogP contribution in [0.3, 0.4) is 0 Å². The van der Waals surface area contributed by atoms with Crippen molar-refractivity contribution in [1.82, 2.24) is 9.88 Å². The van der Waals surface area contributed by atoms with Crippen molar-refractivity contribution in [2.24, 2.45) is 34.5 Å². The van der Waals surface area contributed by atoms with Gasteiger partial charge in [0, 0.05) is 23.8 Å². The van der Waals surface area contributed by atoms with Crippen molar-refractivity contribution in [2.45, 2.75) is 71.3 Å². The van der Waals surface area contributed by atoms with Crippen molar-refractivity contribution < 1.29 is 0 Å². The van der Waals surface area contributed by atoms with E-state index in [1.807, 2.05) is 12.4 Å². The van der Waals surface area contributed by atoms with Crippen LogP contribution < -0.4 is 0 Å². The van der Waals surface area contributed by atoms with Gasteiger partial charge < -0.3 is 4.90 Å². The fraction of sp³-hybridized carbons (Fsp3) is 0.633. The number of hydrogen-bond donors (Lipinski definition) is 0. The first-order chi connectivity index (χ1) is 15.4. The molecule has 170 valence electrons. The van der Waals surface area contributed by atoms with E-state index in [2.05, 4.69) is 68.2 Å². The maximum atomic E-state index is 4.30. The molecule has 0 amide bonds. The highest BCUT2D eigenvalue weighted by atomic mass is 15.1. The Kier molecular flexibility index (Phi) is 4.85. The summed E-state index contributed by atoms with van der Waals surface area (Å²) in [5.74, 6) is 3.65. The molecule has 0 aliphatic heterocycles. The Balaban J connectivity index is 1.28. The zero-order valence-electron chi connectivity index (χ0n) is 20.5. The van der Waals surface area contributed by atoms with Gasteiger partial charge in [-0.1, -0.05) is 32.1 Å². The fourth-order valence-corrected chi connectivity index (χ4v) is 8.97. The predicted molar refractivity (Wildman–Crippen MR) is 134 cm³/mol. The van der Waals surface area contributed by atoms with E-state index in [1.165, 1.54) is 67.7 Å². The number of benzene rings is 1. The van der Waals surface area contributed by atoms with Gasteiger partial charge in [-0.05, 0) is 129 Å². The molecule has 2 nitrogen and oxygen atoms in total. The molecule has 0 N–H and O–H groups in total. The lowest BCUT2D eigenvalue weighted by Gasteiger charge is -2.61. The van der Waals surface area contributed by atoms with Crippen molar-refractivity contribution in [3.05, 3.63) is 48.3 Å². The summed E-state index contributed by atoms with van der Waals surface area (Å²) in [5.41, 5.74) is 4.03. The number of pyridine rings is 1. The molecule has 6 rings (SSSR count). The van der Waals surface area contributed by atoms with Gasteiger partial charge in [0.15, 0.2) is 0 Å². The van der Waals surface area contributed by atoms with Crippen LogP contribution in [0, 0.1) is 34.5 Å². The molecule has 0 bridgehead atoms. The van der Waals surface area contributed by atoms with Crippen LogP contribution in [0.4, 0.5) is 0 Å². The standard InChI is InChI=1S/C30H40N2/c1-29-14-11-24(32(3)4)18-23(29)7-8-25-27-10-9-26(30(27,2)15-12-28(25)29)21-5-6-22-19-31-16-13-20(22)17-21/h5-6,9,13,16-17,19,23-25,27-28H,7-8,10-12,14-15,18H2,1-4H3/t23-,24+,25-,27-,28-,29-,30+/m0/s1. The molecule has 7 atom stereocenters. The van der Waals surface area contributed by atoms with Crippen molar-refractivity contribution in [1.29, 1.82) is 0 Å². The Morgan fingerprint density at radius 1 is 0.938 bits per heavy atom. The highest BCUT2D eigenvalue weighted by Crippen LogP contribution is 2.67. The number of allylic oxidation sites excluding steroid dienone is 2. The van der Waals surface area contributed by atoms with Gasteiger partial charge >= 0.3 is 0 Å². The van der Waals surface area contributed by atoms with E-state index in [1.54, 1.807) is 5.57 Å². The van der Waals surface area contributed by atoms with Crippen LogP contribution in [0.15, 0.2) is 42.7 Å². The zero-order chi connectivity index (χ0) is 22.1. The Labute approximate surface area is 194 Å². The Bertz CT molecular complexity index is 1050. The molecule has 0 unspecified atom stereocenters. The van der Waals surface area contributed by atoms with Gasteiger partial charge in [0.25, 0.3) is 0 Å². The average molecular weight is 429 g/mol. The maximum absolute atomic E-state index is 4.30. The number of rotatable bonds is 2. The van der Waals surface area contributed by atoms with E-state index in [0.29, 0.717) is 10.8 Å². The molecule has 2 heteroatoms. The van der Waals surface area contributed by atoms with E-state index in [-0.39, 0.29) is 0 Å². The van der Waals surface area contributed by atoms with E-state index in [9.17, 15) is 0 Å². The van der Waals surface area contributed by atoms with Crippen LogP contribution in [0.25, 0.3) is 16.3 Å². The molecule has 1 aromatic heterocycles. The molecule has 3 saturated carbocycles. The van der Waals surface area contributed by atoms with Crippen molar-refractivity contribution in [3.63, 3.8) is 0 Å². The lowest BCUT2D eigenvalue weighted by Crippen LogP contribution is -2.54. The summed E-state index contributed by atoms with van der Waals surface area (Å²) >= 11 is 0. The van der Waals surface area contributed by atoms with Gasteiger partial charge in [-0.15, -0.1) is 0 Å². The second kappa shape index (κ2) is 7.42. The van der Waals surface area contributed by atoms with E-state index < -0.39 is 0 Å². The van der Waals surface area contributed by atoms with Gasteiger partial charge in [0.05, 0.1) is 0 Å². The number of hydrogen-bond acceptors (Lipinski definition) is 2.